The van der Waals surface area contributed by atoms with E-state index in [0.29, 0.717) is 12.1 Å². The number of rotatable bonds is 4. The maximum absolute atomic E-state index is 11.6. The molecule has 1 aromatic heterocycles. The van der Waals surface area contributed by atoms with Gasteiger partial charge in [0, 0.05) is 17.2 Å². The first-order valence-corrected chi connectivity index (χ1v) is 6.81. The molecule has 4 nitrogen and oxygen atoms in total. The summed E-state index contributed by atoms with van der Waals surface area (Å²) in [5.41, 5.74) is 2.61. The second-order valence-electron chi connectivity index (χ2n) is 4.16. The van der Waals surface area contributed by atoms with E-state index in [1.807, 2.05) is 22.9 Å². The number of ether oxygens (including phenoxy) is 1. The Morgan fingerprint density at radius 2 is 2.26 bits per heavy atom. The minimum atomic E-state index is -0.339. The molecule has 100 valence electrons. The molecule has 19 heavy (non-hydrogen) atoms. The van der Waals surface area contributed by atoms with Crippen molar-refractivity contribution in [1.29, 1.82) is 0 Å². The largest absolute Gasteiger partial charge is 0.465 e. The molecule has 0 bridgehead atoms. The molecule has 2 rings (SSSR count). The van der Waals surface area contributed by atoms with Crippen molar-refractivity contribution in [3.05, 3.63) is 52.0 Å². The van der Waals surface area contributed by atoms with Crippen molar-refractivity contribution in [3.8, 4) is 0 Å². The van der Waals surface area contributed by atoms with Gasteiger partial charge in [0.05, 0.1) is 24.7 Å². The molecule has 0 amide bonds. The van der Waals surface area contributed by atoms with E-state index in [1.54, 1.807) is 12.4 Å². The number of nitrogens with zero attached hydrogens (tertiary/aromatic N) is 2. The summed E-state index contributed by atoms with van der Waals surface area (Å²) < 4.78 is 7.53. The summed E-state index contributed by atoms with van der Waals surface area (Å²) in [6, 6.07) is 5.57. The number of esters is 1. The van der Waals surface area contributed by atoms with Crippen LogP contribution in [0.25, 0.3) is 0 Å². The van der Waals surface area contributed by atoms with E-state index in [0.717, 1.165) is 22.2 Å². The van der Waals surface area contributed by atoms with Crippen molar-refractivity contribution in [3.63, 3.8) is 0 Å². The van der Waals surface area contributed by atoms with Crippen LogP contribution in [0.1, 0.15) is 28.5 Å². The van der Waals surface area contributed by atoms with Crippen molar-refractivity contribution < 1.29 is 9.53 Å². The van der Waals surface area contributed by atoms with Gasteiger partial charge in [0.1, 0.15) is 0 Å². The predicted molar refractivity (Wildman–Crippen MR) is 76.2 cm³/mol. The van der Waals surface area contributed by atoms with Crippen molar-refractivity contribution in [2.45, 2.75) is 19.9 Å². The fourth-order valence-corrected chi connectivity index (χ4v) is 2.39. The highest BCUT2D eigenvalue weighted by Gasteiger charge is 2.13. The first-order chi connectivity index (χ1) is 9.15. The van der Waals surface area contributed by atoms with E-state index in [1.165, 1.54) is 7.11 Å². The average molecular weight is 323 g/mol. The van der Waals surface area contributed by atoms with Crippen LogP contribution in [0.4, 0.5) is 0 Å². The van der Waals surface area contributed by atoms with Crippen LogP contribution in [0, 0.1) is 0 Å². The highest BCUT2D eigenvalue weighted by molar-refractivity contribution is 9.10. The summed E-state index contributed by atoms with van der Waals surface area (Å²) in [6.45, 7) is 2.74. The standard InChI is InChI=1S/C14H15BrN2O2/c1-3-11-8-17(9-16-11)7-10-5-4-6-12(13(10)15)14(18)19-2/h4-6,8-9H,3,7H2,1-2H3. The topological polar surface area (TPSA) is 44.1 Å². The lowest BCUT2D eigenvalue weighted by Gasteiger charge is -2.09. The number of carbonyl (C=O) groups is 1. The predicted octanol–water partition coefficient (Wildman–Crippen LogP) is 3.04. The first-order valence-electron chi connectivity index (χ1n) is 6.02. The highest BCUT2D eigenvalue weighted by Crippen LogP contribution is 2.23. The molecule has 0 radical (unpaired) electrons. The van der Waals surface area contributed by atoms with E-state index < -0.39 is 0 Å². The van der Waals surface area contributed by atoms with Gasteiger partial charge in [-0.1, -0.05) is 19.1 Å². The number of halogens is 1. The smallest absolute Gasteiger partial charge is 0.339 e. The zero-order chi connectivity index (χ0) is 13.8. The van der Waals surface area contributed by atoms with Gasteiger partial charge < -0.3 is 9.30 Å². The van der Waals surface area contributed by atoms with Gasteiger partial charge in [-0.3, -0.25) is 0 Å². The third kappa shape index (κ3) is 3.04. The number of imidazole rings is 1. The summed E-state index contributed by atoms with van der Waals surface area (Å²) in [5.74, 6) is -0.339. The van der Waals surface area contributed by atoms with Gasteiger partial charge in [-0.15, -0.1) is 0 Å². The molecule has 1 aromatic carbocycles. The molecule has 0 fully saturated rings. The van der Waals surface area contributed by atoms with Crippen molar-refractivity contribution >= 4 is 21.9 Å². The number of hydrogen-bond donors (Lipinski definition) is 0. The Labute approximate surface area is 120 Å². The number of carbonyl (C=O) groups excluding carboxylic acids is 1. The molecule has 0 unspecified atom stereocenters. The third-order valence-electron chi connectivity index (χ3n) is 2.89. The first kappa shape index (κ1) is 13.8. The van der Waals surface area contributed by atoms with Gasteiger partial charge in [0.25, 0.3) is 0 Å². The monoisotopic (exact) mass is 322 g/mol. The van der Waals surface area contributed by atoms with Crippen LogP contribution < -0.4 is 0 Å². The Kier molecular flexibility index (Phi) is 4.37. The average Bonchev–Trinajstić information content (AvgIpc) is 2.88. The van der Waals surface area contributed by atoms with Crippen LogP contribution in [0.3, 0.4) is 0 Å². The van der Waals surface area contributed by atoms with Crippen molar-refractivity contribution in [2.24, 2.45) is 0 Å². The minimum absolute atomic E-state index is 0.339. The van der Waals surface area contributed by atoms with Crippen LogP contribution in [-0.2, 0) is 17.7 Å². The second-order valence-corrected chi connectivity index (χ2v) is 4.95. The summed E-state index contributed by atoms with van der Waals surface area (Å²) in [7, 11) is 1.38. The SMILES string of the molecule is CCc1cn(Cc2cccc(C(=O)OC)c2Br)cn1. The van der Waals surface area contributed by atoms with Gasteiger partial charge in [0.2, 0.25) is 0 Å². The normalized spacial score (nSPS) is 10.5. The van der Waals surface area contributed by atoms with Crippen molar-refractivity contribution in [1.82, 2.24) is 9.55 Å². The molecular weight excluding hydrogens is 308 g/mol. The molecular formula is C14H15BrN2O2. The lowest BCUT2D eigenvalue weighted by atomic mass is 10.1. The third-order valence-corrected chi connectivity index (χ3v) is 3.82. The number of benzene rings is 1. The Morgan fingerprint density at radius 1 is 1.47 bits per heavy atom. The van der Waals surface area contributed by atoms with Gasteiger partial charge in [0.15, 0.2) is 0 Å². The van der Waals surface area contributed by atoms with Crippen LogP contribution >= 0.6 is 15.9 Å². The number of hydrogen-bond acceptors (Lipinski definition) is 3. The molecule has 0 aliphatic rings. The summed E-state index contributed by atoms with van der Waals surface area (Å²) in [5, 5.41) is 0. The van der Waals surface area contributed by atoms with Crippen LogP contribution in [-0.4, -0.2) is 22.6 Å². The second kappa shape index (κ2) is 6.02. The van der Waals surface area contributed by atoms with E-state index in [2.05, 4.69) is 27.8 Å². The van der Waals surface area contributed by atoms with Crippen LogP contribution in [0.5, 0.6) is 0 Å². The molecule has 2 aromatic rings. The fourth-order valence-electron chi connectivity index (χ4n) is 1.84. The summed E-state index contributed by atoms with van der Waals surface area (Å²) in [6.07, 6.45) is 4.73. The fraction of sp³-hybridized carbons (Fsp3) is 0.286. The minimum Gasteiger partial charge on any atom is -0.465 e. The van der Waals surface area contributed by atoms with E-state index in [-0.39, 0.29) is 5.97 Å². The Bertz CT molecular complexity index is 593. The van der Waals surface area contributed by atoms with E-state index >= 15 is 0 Å². The van der Waals surface area contributed by atoms with Gasteiger partial charge >= 0.3 is 5.97 Å². The van der Waals surface area contributed by atoms with E-state index in [4.69, 9.17) is 4.74 Å². The molecule has 0 aliphatic heterocycles. The van der Waals surface area contributed by atoms with Gasteiger partial charge in [-0.25, -0.2) is 9.78 Å². The van der Waals surface area contributed by atoms with Crippen LogP contribution in [0.2, 0.25) is 0 Å². The molecule has 5 heteroatoms. The Morgan fingerprint density at radius 3 is 2.89 bits per heavy atom. The maximum Gasteiger partial charge on any atom is 0.339 e. The molecule has 0 N–H and O–H groups in total. The zero-order valence-electron chi connectivity index (χ0n) is 10.9. The lowest BCUT2D eigenvalue weighted by Crippen LogP contribution is -2.05. The molecule has 0 saturated heterocycles. The number of aromatic nitrogens is 2. The molecule has 0 saturated carbocycles. The molecule has 0 spiro atoms. The Balaban J connectivity index is 2.27. The quantitative estimate of drug-likeness (QED) is 0.813. The van der Waals surface area contributed by atoms with E-state index in [9.17, 15) is 4.79 Å². The maximum atomic E-state index is 11.6. The Hall–Kier alpha value is -1.62. The summed E-state index contributed by atoms with van der Waals surface area (Å²) in [4.78, 5) is 15.9. The number of aryl methyl sites for hydroxylation is 1. The van der Waals surface area contributed by atoms with Gasteiger partial charge in [-0.2, -0.15) is 0 Å². The number of methoxy groups -OCH3 is 1. The highest BCUT2D eigenvalue weighted by atomic mass is 79.9. The van der Waals surface area contributed by atoms with Crippen LogP contribution in [0.15, 0.2) is 35.2 Å². The molecule has 0 atom stereocenters. The molecule has 1 heterocycles. The van der Waals surface area contributed by atoms with Gasteiger partial charge in [-0.05, 0) is 34.0 Å². The van der Waals surface area contributed by atoms with Crippen molar-refractivity contribution in [2.75, 3.05) is 7.11 Å². The lowest BCUT2D eigenvalue weighted by molar-refractivity contribution is 0.0599. The zero-order valence-corrected chi connectivity index (χ0v) is 12.5. The summed E-state index contributed by atoms with van der Waals surface area (Å²) >= 11 is 3.47. The molecule has 0 aliphatic carbocycles.